The van der Waals surface area contributed by atoms with Crippen molar-refractivity contribution in [2.45, 2.75) is 33.1 Å². The van der Waals surface area contributed by atoms with Crippen LogP contribution in [0.25, 0.3) is 0 Å². The van der Waals surface area contributed by atoms with Gasteiger partial charge in [-0.3, -0.25) is 0 Å². The Morgan fingerprint density at radius 3 is 1.82 bits per heavy atom. The van der Waals surface area contributed by atoms with Gasteiger partial charge in [0.05, 0.1) is 14.2 Å². The van der Waals surface area contributed by atoms with Gasteiger partial charge in [0, 0.05) is 0 Å². The van der Waals surface area contributed by atoms with Crippen LogP contribution < -0.4 is 0 Å². The van der Waals surface area contributed by atoms with E-state index in [0.717, 1.165) is 12.8 Å². The van der Waals surface area contributed by atoms with Crippen LogP contribution in [0.1, 0.15) is 33.1 Å². The number of esters is 2. The van der Waals surface area contributed by atoms with Gasteiger partial charge in [0.15, 0.2) is 0 Å². The van der Waals surface area contributed by atoms with E-state index in [1.54, 1.807) is 6.08 Å². The number of carbonyl (C=O) groups is 2. The van der Waals surface area contributed by atoms with Crippen molar-refractivity contribution in [3.63, 3.8) is 0 Å². The number of hydrogen-bond acceptors (Lipinski definition) is 4. The fourth-order valence-corrected chi connectivity index (χ4v) is 1.22. The predicted molar refractivity (Wildman–Crippen MR) is 65.4 cm³/mol. The first-order valence-electron chi connectivity index (χ1n) is 5.53. The molecular formula is C13H20O4. The fraction of sp³-hybridized carbons (Fsp3) is 0.538. The summed E-state index contributed by atoms with van der Waals surface area (Å²) in [5.74, 6) is -1.31. The van der Waals surface area contributed by atoms with Crippen LogP contribution in [0.2, 0.25) is 0 Å². The van der Waals surface area contributed by atoms with Gasteiger partial charge in [-0.25, -0.2) is 9.59 Å². The first-order valence-corrected chi connectivity index (χ1v) is 5.53. The lowest BCUT2D eigenvalue weighted by atomic mass is 10.1. The smallest absolute Gasteiger partial charge is 0.344 e. The molecular weight excluding hydrogens is 220 g/mol. The highest BCUT2D eigenvalue weighted by atomic mass is 16.5. The topological polar surface area (TPSA) is 52.6 Å². The minimum absolute atomic E-state index is 0.0350. The van der Waals surface area contributed by atoms with Crippen LogP contribution in [-0.4, -0.2) is 26.2 Å². The van der Waals surface area contributed by atoms with Crippen LogP contribution in [0.5, 0.6) is 0 Å². The van der Waals surface area contributed by atoms with E-state index in [2.05, 4.69) is 15.5 Å². The van der Waals surface area contributed by atoms with Gasteiger partial charge in [-0.2, -0.15) is 0 Å². The zero-order valence-electron chi connectivity index (χ0n) is 10.9. The molecule has 0 bridgehead atoms. The first kappa shape index (κ1) is 15.4. The Labute approximate surface area is 102 Å². The van der Waals surface area contributed by atoms with E-state index in [1.165, 1.54) is 19.8 Å². The Morgan fingerprint density at radius 2 is 1.41 bits per heavy atom. The Balaban J connectivity index is 4.35. The zero-order chi connectivity index (χ0) is 13.3. The minimum Gasteiger partial charge on any atom is -0.465 e. The Hall–Kier alpha value is -1.58. The summed E-state index contributed by atoms with van der Waals surface area (Å²) < 4.78 is 9.02. The molecule has 0 amide bonds. The lowest BCUT2D eigenvalue weighted by Gasteiger charge is -2.02. The van der Waals surface area contributed by atoms with Crippen molar-refractivity contribution in [1.29, 1.82) is 0 Å². The second kappa shape index (κ2) is 8.56. The molecule has 4 heteroatoms. The average molecular weight is 240 g/mol. The molecule has 0 saturated carbocycles. The van der Waals surface area contributed by atoms with Crippen molar-refractivity contribution in [3.8, 4) is 0 Å². The second-order valence-electron chi connectivity index (χ2n) is 3.81. The summed E-state index contributed by atoms with van der Waals surface area (Å²) in [6.07, 6.45) is 6.13. The Morgan fingerprint density at radius 1 is 0.941 bits per heavy atom. The second-order valence-corrected chi connectivity index (χ2v) is 3.81. The molecule has 0 aliphatic rings. The van der Waals surface area contributed by atoms with Gasteiger partial charge < -0.3 is 9.47 Å². The van der Waals surface area contributed by atoms with E-state index in [9.17, 15) is 9.59 Å². The van der Waals surface area contributed by atoms with Gasteiger partial charge in [0.2, 0.25) is 0 Å². The Bertz CT molecular complexity index is 304. The number of methoxy groups -OCH3 is 2. The first-order chi connectivity index (χ1) is 8.02. The van der Waals surface area contributed by atoms with Gasteiger partial charge in [-0.1, -0.05) is 17.7 Å². The number of unbranched alkanes of at least 4 members (excludes halogenated alkanes) is 2. The minimum atomic E-state index is -0.654. The van der Waals surface area contributed by atoms with E-state index in [-0.39, 0.29) is 5.57 Å². The van der Waals surface area contributed by atoms with E-state index in [4.69, 9.17) is 0 Å². The maximum atomic E-state index is 11.3. The summed E-state index contributed by atoms with van der Waals surface area (Å²) in [5, 5.41) is 0. The standard InChI is InChI=1S/C13H20O4/c1-10(2)8-6-5-7-9-11(12(14)16-3)13(15)17-4/h8-9H,5-7H2,1-4H3. The molecule has 0 fully saturated rings. The van der Waals surface area contributed by atoms with Crippen molar-refractivity contribution in [2.75, 3.05) is 14.2 Å². The molecule has 0 unspecified atom stereocenters. The quantitative estimate of drug-likeness (QED) is 0.179. The number of allylic oxidation sites excluding steroid dienone is 3. The summed E-state index contributed by atoms with van der Waals surface area (Å²) in [5.41, 5.74) is 1.22. The molecule has 17 heavy (non-hydrogen) atoms. The maximum Gasteiger partial charge on any atom is 0.344 e. The van der Waals surface area contributed by atoms with Gasteiger partial charge in [-0.15, -0.1) is 0 Å². The molecule has 0 spiro atoms. The van der Waals surface area contributed by atoms with Crippen molar-refractivity contribution in [1.82, 2.24) is 0 Å². The van der Waals surface area contributed by atoms with Crippen LogP contribution in [0.4, 0.5) is 0 Å². The van der Waals surface area contributed by atoms with Crippen LogP contribution in [0.15, 0.2) is 23.3 Å². The molecule has 0 aromatic carbocycles. The van der Waals surface area contributed by atoms with Gasteiger partial charge in [-0.05, 0) is 33.1 Å². The molecule has 4 nitrogen and oxygen atoms in total. The highest BCUT2D eigenvalue weighted by molar-refractivity contribution is 6.13. The summed E-state index contributed by atoms with van der Waals surface area (Å²) in [6.45, 7) is 4.06. The summed E-state index contributed by atoms with van der Waals surface area (Å²) in [7, 11) is 2.48. The van der Waals surface area contributed by atoms with Crippen molar-refractivity contribution in [3.05, 3.63) is 23.3 Å². The number of rotatable bonds is 6. The van der Waals surface area contributed by atoms with Crippen molar-refractivity contribution in [2.24, 2.45) is 0 Å². The van der Waals surface area contributed by atoms with Crippen LogP contribution in [-0.2, 0) is 19.1 Å². The molecule has 96 valence electrons. The lowest BCUT2D eigenvalue weighted by Crippen LogP contribution is -2.15. The number of hydrogen-bond donors (Lipinski definition) is 0. The van der Waals surface area contributed by atoms with E-state index < -0.39 is 11.9 Å². The van der Waals surface area contributed by atoms with E-state index in [0.29, 0.717) is 6.42 Å². The van der Waals surface area contributed by atoms with E-state index in [1.807, 2.05) is 13.8 Å². The SMILES string of the molecule is COC(=O)C(=CCCCC=C(C)C)C(=O)OC. The molecule has 0 aromatic heterocycles. The molecule has 0 atom stereocenters. The molecule has 0 radical (unpaired) electrons. The third-order valence-electron chi connectivity index (χ3n) is 2.12. The zero-order valence-corrected chi connectivity index (χ0v) is 10.9. The molecule has 0 aliphatic carbocycles. The molecule has 0 saturated heterocycles. The number of carbonyl (C=O) groups excluding carboxylic acids is 2. The summed E-state index contributed by atoms with van der Waals surface area (Å²) in [4.78, 5) is 22.6. The maximum absolute atomic E-state index is 11.3. The highest BCUT2D eigenvalue weighted by Gasteiger charge is 2.18. The van der Waals surface area contributed by atoms with Gasteiger partial charge in [0.1, 0.15) is 5.57 Å². The van der Waals surface area contributed by atoms with Gasteiger partial charge >= 0.3 is 11.9 Å². The summed E-state index contributed by atoms with van der Waals surface area (Å²) in [6, 6.07) is 0. The van der Waals surface area contributed by atoms with E-state index >= 15 is 0 Å². The largest absolute Gasteiger partial charge is 0.465 e. The number of ether oxygens (including phenoxy) is 2. The molecule has 0 heterocycles. The third kappa shape index (κ3) is 6.56. The summed E-state index contributed by atoms with van der Waals surface area (Å²) >= 11 is 0. The normalized spacial score (nSPS) is 9.18. The molecule has 0 aromatic rings. The van der Waals surface area contributed by atoms with Crippen molar-refractivity contribution < 1.29 is 19.1 Å². The molecule has 0 aliphatic heterocycles. The lowest BCUT2D eigenvalue weighted by molar-refractivity contribution is -0.144. The monoisotopic (exact) mass is 240 g/mol. The fourth-order valence-electron chi connectivity index (χ4n) is 1.22. The average Bonchev–Trinajstić information content (AvgIpc) is 2.31. The predicted octanol–water partition coefficient (Wildman–Crippen LogP) is 2.40. The Kier molecular flexibility index (Phi) is 7.76. The van der Waals surface area contributed by atoms with Crippen LogP contribution >= 0.6 is 0 Å². The highest BCUT2D eigenvalue weighted by Crippen LogP contribution is 2.07. The molecule has 0 N–H and O–H groups in total. The van der Waals surface area contributed by atoms with Gasteiger partial charge in [0.25, 0.3) is 0 Å². The van der Waals surface area contributed by atoms with Crippen LogP contribution in [0.3, 0.4) is 0 Å². The van der Waals surface area contributed by atoms with Crippen LogP contribution in [0, 0.1) is 0 Å². The van der Waals surface area contributed by atoms with Crippen molar-refractivity contribution >= 4 is 11.9 Å². The molecule has 0 rings (SSSR count). The third-order valence-corrected chi connectivity index (χ3v) is 2.12.